The van der Waals surface area contributed by atoms with Crippen molar-refractivity contribution in [2.24, 2.45) is 8.88 Å². The zero-order valence-electron chi connectivity index (χ0n) is 2.89. The van der Waals surface area contributed by atoms with Crippen LogP contribution >= 0.6 is 21.4 Å². The summed E-state index contributed by atoms with van der Waals surface area (Å²) >= 11 is -0.391. The largest absolute Gasteiger partial charge is 0.401 e. The van der Waals surface area contributed by atoms with E-state index in [-0.39, 0.29) is 0 Å². The minimum atomic E-state index is -0.391. The highest BCUT2D eigenvalue weighted by Gasteiger charge is 1.90. The third-order valence-corrected chi connectivity index (χ3v) is 1.55. The van der Waals surface area contributed by atoms with Crippen molar-refractivity contribution in [2.75, 3.05) is 0 Å². The molecule has 6 heavy (non-hydrogen) atoms. The van der Waals surface area contributed by atoms with E-state index >= 15 is 0 Å². The van der Waals surface area contributed by atoms with Crippen molar-refractivity contribution in [3.8, 4) is 0 Å². The van der Waals surface area contributed by atoms with Gasteiger partial charge in [-0.1, -0.05) is 0 Å². The van der Waals surface area contributed by atoms with Crippen LogP contribution < -0.4 is 5.73 Å². The molecular weight excluding hydrogens is 195 g/mol. The molecule has 0 aliphatic carbocycles. The predicted molar refractivity (Wildman–Crippen MR) is 29.8 cm³/mol. The molecule has 3 nitrogen and oxygen atoms in total. The summed E-state index contributed by atoms with van der Waals surface area (Å²) in [6, 6.07) is 0. The van der Waals surface area contributed by atoms with Gasteiger partial charge in [-0.25, -0.2) is 0 Å². The average Bonchev–Trinajstić information content (AvgIpc) is 1.86. The number of hydrogen-bond donors (Lipinski definition) is 1. The first-order chi connectivity index (χ1) is 2.89. The standard InChI is InChI=1S/C2H3IN2O/c4-2-1-5-3-6-2/h1H,4H2. The zero-order chi connectivity index (χ0) is 4.41. The number of nitrogens with zero attached hydrogens (tertiary/aromatic N) is 1. The van der Waals surface area contributed by atoms with Crippen molar-refractivity contribution in [1.82, 2.24) is 0 Å². The number of hydrogen-bond acceptors (Lipinski definition) is 3. The summed E-state index contributed by atoms with van der Waals surface area (Å²) in [7, 11) is 0. The highest BCUT2D eigenvalue weighted by atomic mass is 127. The van der Waals surface area contributed by atoms with Crippen LogP contribution in [-0.4, -0.2) is 0 Å². The van der Waals surface area contributed by atoms with Gasteiger partial charge < -0.3 is 8.80 Å². The monoisotopic (exact) mass is 198 g/mol. The van der Waals surface area contributed by atoms with Gasteiger partial charge in [0, 0.05) is 0 Å². The van der Waals surface area contributed by atoms with E-state index < -0.39 is 21.4 Å². The molecular formula is C2H3IN2O. The molecule has 0 bridgehead atoms. The molecule has 4 heteroatoms. The maximum Gasteiger partial charge on any atom is 0.239 e. The molecule has 0 radical (unpaired) electrons. The van der Waals surface area contributed by atoms with E-state index in [2.05, 4.69) is 3.15 Å². The summed E-state index contributed by atoms with van der Waals surface area (Å²) in [5.41, 5.74) is 5.11. The molecule has 34 valence electrons. The Balaban J connectivity index is 2.61. The Hall–Kier alpha value is -0.130. The Kier molecular flexibility index (Phi) is 1.04. The van der Waals surface area contributed by atoms with Gasteiger partial charge >= 0.3 is 0 Å². The number of rotatable bonds is 0. The van der Waals surface area contributed by atoms with Crippen molar-refractivity contribution in [1.29, 1.82) is 0 Å². The van der Waals surface area contributed by atoms with Crippen LogP contribution in [0.1, 0.15) is 0 Å². The first-order valence-electron chi connectivity index (χ1n) is 1.36. The molecule has 0 amide bonds. The van der Waals surface area contributed by atoms with Crippen LogP contribution in [-0.2, 0) is 3.07 Å². The molecule has 0 atom stereocenters. The minimum Gasteiger partial charge on any atom is -0.401 e. The minimum absolute atomic E-state index is 0.391. The molecule has 1 aliphatic heterocycles. The van der Waals surface area contributed by atoms with E-state index in [0.717, 1.165) is 0 Å². The van der Waals surface area contributed by atoms with Gasteiger partial charge in [0.15, 0.2) is 0 Å². The lowest BCUT2D eigenvalue weighted by Crippen LogP contribution is -1.91. The maximum atomic E-state index is 5.11. The zero-order valence-corrected chi connectivity index (χ0v) is 5.05. The van der Waals surface area contributed by atoms with Crippen LogP contribution in [0.15, 0.2) is 15.2 Å². The third-order valence-electron chi connectivity index (χ3n) is 0.339. The van der Waals surface area contributed by atoms with Crippen LogP contribution in [0, 0.1) is 0 Å². The fraction of sp³-hybridized carbons (Fsp3) is 0. The second kappa shape index (κ2) is 1.55. The van der Waals surface area contributed by atoms with Gasteiger partial charge in [-0.2, -0.15) is 3.15 Å². The van der Waals surface area contributed by atoms with Crippen LogP contribution in [0.25, 0.3) is 0 Å². The van der Waals surface area contributed by atoms with Crippen molar-refractivity contribution >= 4 is 21.4 Å². The summed E-state index contributed by atoms with van der Waals surface area (Å²) in [4.78, 5) is 0. The van der Waals surface area contributed by atoms with Gasteiger partial charge in [-0.3, -0.25) is 0 Å². The SMILES string of the molecule is NC1=CN=IO1. The molecule has 0 unspecified atom stereocenters. The summed E-state index contributed by atoms with van der Waals surface area (Å²) in [5.74, 6) is 0.461. The van der Waals surface area contributed by atoms with E-state index in [0.29, 0.717) is 5.88 Å². The van der Waals surface area contributed by atoms with E-state index in [1.165, 1.54) is 0 Å². The molecule has 0 aromatic heterocycles. The highest BCUT2D eigenvalue weighted by Crippen LogP contribution is 2.14. The van der Waals surface area contributed by atoms with Crippen LogP contribution in [0.3, 0.4) is 0 Å². The first kappa shape index (κ1) is 4.04. The summed E-state index contributed by atoms with van der Waals surface area (Å²) < 4.78 is 8.50. The van der Waals surface area contributed by atoms with E-state index in [1.54, 1.807) is 6.20 Å². The van der Waals surface area contributed by atoms with E-state index in [4.69, 9.17) is 8.80 Å². The predicted octanol–water partition coefficient (Wildman–Crippen LogP) is 0.844. The topological polar surface area (TPSA) is 47.6 Å². The molecule has 0 spiro atoms. The Morgan fingerprint density at radius 2 is 2.83 bits per heavy atom. The van der Waals surface area contributed by atoms with Crippen molar-refractivity contribution in [3.63, 3.8) is 0 Å². The van der Waals surface area contributed by atoms with Crippen molar-refractivity contribution in [2.45, 2.75) is 0 Å². The third kappa shape index (κ3) is 0.675. The fourth-order valence-electron chi connectivity index (χ4n) is 0.148. The quantitative estimate of drug-likeness (QED) is 0.586. The molecule has 1 heterocycles. The summed E-state index contributed by atoms with van der Waals surface area (Å²) in [5, 5.41) is 0. The van der Waals surface area contributed by atoms with Crippen LogP contribution in [0.4, 0.5) is 0 Å². The molecule has 0 fully saturated rings. The van der Waals surface area contributed by atoms with Crippen LogP contribution in [0.2, 0.25) is 0 Å². The van der Waals surface area contributed by atoms with Crippen LogP contribution in [0.5, 0.6) is 0 Å². The van der Waals surface area contributed by atoms with Gasteiger partial charge in [-0.05, 0) is 0 Å². The Bertz CT molecular complexity index is 108. The maximum absolute atomic E-state index is 5.11. The lowest BCUT2D eigenvalue weighted by Gasteiger charge is -1.81. The lowest BCUT2D eigenvalue weighted by molar-refractivity contribution is 0.555. The van der Waals surface area contributed by atoms with E-state index in [1.807, 2.05) is 0 Å². The second-order valence-electron chi connectivity index (χ2n) is 0.775. The van der Waals surface area contributed by atoms with E-state index in [9.17, 15) is 0 Å². The number of nitrogens with two attached hydrogens (primary N) is 1. The molecule has 2 N–H and O–H groups in total. The second-order valence-corrected chi connectivity index (χ2v) is 2.17. The average molecular weight is 198 g/mol. The summed E-state index contributed by atoms with van der Waals surface area (Å²) in [6.07, 6.45) is 1.55. The summed E-state index contributed by atoms with van der Waals surface area (Å²) in [6.45, 7) is 0. The highest BCUT2D eigenvalue weighted by molar-refractivity contribution is 14.1. The molecule has 0 saturated heterocycles. The van der Waals surface area contributed by atoms with Gasteiger partial charge in [0.25, 0.3) is 0 Å². The first-order valence-corrected chi connectivity index (χ1v) is 3.21. The molecule has 0 aromatic rings. The normalized spacial score (nSPS) is 18.3. The molecule has 1 rings (SSSR count). The van der Waals surface area contributed by atoms with Crippen molar-refractivity contribution in [3.05, 3.63) is 12.1 Å². The molecule has 0 saturated carbocycles. The van der Waals surface area contributed by atoms with Gasteiger partial charge in [0.05, 0.1) is 6.20 Å². The Morgan fingerprint density at radius 1 is 2.00 bits per heavy atom. The number of halogens is 1. The van der Waals surface area contributed by atoms with Crippen molar-refractivity contribution < 1.29 is 3.07 Å². The Labute approximate surface area is 45.9 Å². The van der Waals surface area contributed by atoms with Gasteiger partial charge in [0.2, 0.25) is 27.3 Å². The smallest absolute Gasteiger partial charge is 0.239 e. The van der Waals surface area contributed by atoms with Gasteiger partial charge in [-0.15, -0.1) is 0 Å². The molecule has 0 aromatic carbocycles. The van der Waals surface area contributed by atoms with Gasteiger partial charge in [0.1, 0.15) is 0 Å². The fourth-order valence-corrected chi connectivity index (χ4v) is 0.991. The lowest BCUT2D eigenvalue weighted by atomic mass is 10.9. The molecule has 1 aliphatic rings. The Morgan fingerprint density at radius 3 is 3.00 bits per heavy atom.